The molecule has 0 fully saturated rings. The van der Waals surface area contributed by atoms with Gasteiger partial charge >= 0.3 is 5.97 Å². The van der Waals surface area contributed by atoms with Crippen LogP contribution in [0.25, 0.3) is 0 Å². The SMILES string of the molecule is O=C(O)c1ccc(NC(=O)c2ccccc2Br)cn1. The van der Waals surface area contributed by atoms with Crippen LogP contribution in [0, 0.1) is 0 Å². The number of nitrogens with zero attached hydrogens (tertiary/aromatic N) is 1. The Morgan fingerprint density at radius 2 is 1.89 bits per heavy atom. The number of nitrogens with one attached hydrogen (secondary N) is 1. The molecular weight excluding hydrogens is 312 g/mol. The van der Waals surface area contributed by atoms with E-state index in [1.54, 1.807) is 18.2 Å². The maximum Gasteiger partial charge on any atom is 0.354 e. The molecule has 2 N–H and O–H groups in total. The van der Waals surface area contributed by atoms with Crippen molar-refractivity contribution < 1.29 is 14.7 Å². The van der Waals surface area contributed by atoms with E-state index in [1.807, 2.05) is 6.07 Å². The van der Waals surface area contributed by atoms with Gasteiger partial charge in [0.15, 0.2) is 0 Å². The quantitative estimate of drug-likeness (QED) is 0.911. The first-order valence-electron chi connectivity index (χ1n) is 5.33. The number of hydrogen-bond acceptors (Lipinski definition) is 3. The maximum atomic E-state index is 12.0. The molecule has 0 unspecified atom stereocenters. The Morgan fingerprint density at radius 1 is 1.16 bits per heavy atom. The number of aromatic carboxylic acids is 1. The van der Waals surface area contributed by atoms with Gasteiger partial charge in [-0.25, -0.2) is 9.78 Å². The van der Waals surface area contributed by atoms with Gasteiger partial charge in [0.25, 0.3) is 5.91 Å². The summed E-state index contributed by atoms with van der Waals surface area (Å²) in [6.45, 7) is 0. The van der Waals surface area contributed by atoms with Gasteiger partial charge in [-0.2, -0.15) is 0 Å². The first-order valence-corrected chi connectivity index (χ1v) is 6.12. The number of benzene rings is 1. The molecular formula is C13H9BrN2O3. The predicted molar refractivity (Wildman–Crippen MR) is 73.3 cm³/mol. The maximum absolute atomic E-state index is 12.0. The van der Waals surface area contributed by atoms with Crippen LogP contribution in [0.15, 0.2) is 47.1 Å². The third kappa shape index (κ3) is 3.17. The van der Waals surface area contributed by atoms with Crippen LogP contribution in [0.2, 0.25) is 0 Å². The topological polar surface area (TPSA) is 79.3 Å². The summed E-state index contributed by atoms with van der Waals surface area (Å²) in [5.41, 5.74) is 0.856. The van der Waals surface area contributed by atoms with E-state index in [-0.39, 0.29) is 11.6 Å². The predicted octanol–water partition coefficient (Wildman–Crippen LogP) is 2.79. The molecule has 0 aliphatic carbocycles. The van der Waals surface area contributed by atoms with Crippen LogP contribution in [0.4, 0.5) is 5.69 Å². The molecule has 2 rings (SSSR count). The Hall–Kier alpha value is -2.21. The monoisotopic (exact) mass is 320 g/mol. The molecule has 2 aromatic rings. The second-order valence-corrected chi connectivity index (χ2v) is 4.53. The number of pyridine rings is 1. The molecule has 1 aromatic carbocycles. The van der Waals surface area contributed by atoms with Crippen molar-refractivity contribution in [1.29, 1.82) is 0 Å². The summed E-state index contributed by atoms with van der Waals surface area (Å²) in [5.74, 6) is -1.40. The normalized spacial score (nSPS) is 9.95. The van der Waals surface area contributed by atoms with E-state index in [4.69, 9.17) is 5.11 Å². The summed E-state index contributed by atoms with van der Waals surface area (Å²) in [6.07, 6.45) is 1.30. The first-order chi connectivity index (χ1) is 9.08. The average molecular weight is 321 g/mol. The largest absolute Gasteiger partial charge is 0.477 e. The van der Waals surface area contributed by atoms with Crippen molar-refractivity contribution in [2.45, 2.75) is 0 Å². The lowest BCUT2D eigenvalue weighted by Crippen LogP contribution is -2.13. The zero-order chi connectivity index (χ0) is 13.8. The van der Waals surface area contributed by atoms with Crippen LogP contribution >= 0.6 is 15.9 Å². The molecule has 0 atom stereocenters. The van der Waals surface area contributed by atoms with Gasteiger partial charge in [0.2, 0.25) is 0 Å². The summed E-state index contributed by atoms with van der Waals surface area (Å²) >= 11 is 3.29. The van der Waals surface area contributed by atoms with Crippen molar-refractivity contribution in [3.8, 4) is 0 Å². The van der Waals surface area contributed by atoms with E-state index >= 15 is 0 Å². The average Bonchev–Trinajstić information content (AvgIpc) is 2.39. The lowest BCUT2D eigenvalue weighted by Gasteiger charge is -2.06. The highest BCUT2D eigenvalue weighted by Crippen LogP contribution is 2.17. The first kappa shape index (κ1) is 13.2. The Labute approximate surface area is 117 Å². The molecule has 19 heavy (non-hydrogen) atoms. The van der Waals surface area contributed by atoms with Crippen LogP contribution in [0.5, 0.6) is 0 Å². The van der Waals surface area contributed by atoms with Gasteiger partial charge in [-0.3, -0.25) is 4.79 Å². The van der Waals surface area contributed by atoms with Crippen molar-refractivity contribution in [3.63, 3.8) is 0 Å². The molecule has 6 heteroatoms. The standard InChI is InChI=1S/C13H9BrN2O3/c14-10-4-2-1-3-9(10)12(17)16-8-5-6-11(13(18)19)15-7-8/h1-7H,(H,16,17)(H,18,19). The zero-order valence-corrected chi connectivity index (χ0v) is 11.2. The van der Waals surface area contributed by atoms with E-state index in [1.165, 1.54) is 18.3 Å². The minimum absolute atomic E-state index is 0.0705. The number of amides is 1. The molecule has 1 heterocycles. The van der Waals surface area contributed by atoms with Crippen LogP contribution in [-0.4, -0.2) is 22.0 Å². The summed E-state index contributed by atoms with van der Waals surface area (Å²) in [7, 11) is 0. The number of rotatable bonds is 3. The molecule has 1 aromatic heterocycles. The highest BCUT2D eigenvalue weighted by atomic mass is 79.9. The summed E-state index contributed by atoms with van der Waals surface area (Å²) in [5, 5.41) is 11.4. The summed E-state index contributed by atoms with van der Waals surface area (Å²) < 4.78 is 0.683. The number of carbonyl (C=O) groups is 2. The highest BCUT2D eigenvalue weighted by molar-refractivity contribution is 9.10. The molecule has 0 saturated heterocycles. The van der Waals surface area contributed by atoms with E-state index in [0.717, 1.165) is 0 Å². The Morgan fingerprint density at radius 3 is 2.47 bits per heavy atom. The van der Waals surface area contributed by atoms with Gasteiger partial charge < -0.3 is 10.4 Å². The minimum atomic E-state index is -1.11. The van der Waals surface area contributed by atoms with Crippen LogP contribution in [0.3, 0.4) is 0 Å². The molecule has 0 saturated carbocycles. The second kappa shape index (κ2) is 5.62. The van der Waals surface area contributed by atoms with E-state index in [2.05, 4.69) is 26.2 Å². The number of halogens is 1. The Kier molecular flexibility index (Phi) is 3.91. The molecule has 0 spiro atoms. The molecule has 0 aliphatic heterocycles. The summed E-state index contributed by atoms with van der Waals surface area (Å²) in [4.78, 5) is 26.3. The van der Waals surface area contributed by atoms with Gasteiger partial charge in [-0.15, -0.1) is 0 Å². The van der Waals surface area contributed by atoms with Crippen molar-refractivity contribution in [1.82, 2.24) is 4.98 Å². The van der Waals surface area contributed by atoms with E-state index < -0.39 is 5.97 Å². The van der Waals surface area contributed by atoms with Crippen molar-refractivity contribution in [2.24, 2.45) is 0 Å². The summed E-state index contributed by atoms with van der Waals surface area (Å²) in [6, 6.07) is 9.83. The Bertz CT molecular complexity index is 626. The molecule has 0 aliphatic rings. The molecule has 1 amide bonds. The second-order valence-electron chi connectivity index (χ2n) is 3.67. The zero-order valence-electron chi connectivity index (χ0n) is 9.63. The molecule has 0 radical (unpaired) electrons. The fourth-order valence-electron chi connectivity index (χ4n) is 1.44. The van der Waals surface area contributed by atoms with Crippen LogP contribution in [0.1, 0.15) is 20.8 Å². The van der Waals surface area contributed by atoms with Gasteiger partial charge in [-0.05, 0) is 40.2 Å². The number of carboxylic acid groups (broad SMARTS) is 1. The lowest BCUT2D eigenvalue weighted by molar-refractivity contribution is 0.0690. The van der Waals surface area contributed by atoms with Gasteiger partial charge in [0.1, 0.15) is 5.69 Å². The molecule has 5 nitrogen and oxygen atoms in total. The number of carboxylic acids is 1. The number of aromatic nitrogens is 1. The van der Waals surface area contributed by atoms with E-state index in [0.29, 0.717) is 15.7 Å². The number of anilines is 1. The lowest BCUT2D eigenvalue weighted by atomic mass is 10.2. The van der Waals surface area contributed by atoms with Crippen molar-refractivity contribution >= 4 is 33.5 Å². The van der Waals surface area contributed by atoms with Gasteiger partial charge in [-0.1, -0.05) is 12.1 Å². The third-order valence-corrected chi connectivity index (χ3v) is 3.05. The van der Waals surface area contributed by atoms with Gasteiger partial charge in [0, 0.05) is 4.47 Å². The molecule has 0 bridgehead atoms. The highest BCUT2D eigenvalue weighted by Gasteiger charge is 2.10. The molecule has 96 valence electrons. The number of carbonyl (C=O) groups excluding carboxylic acids is 1. The van der Waals surface area contributed by atoms with Crippen LogP contribution < -0.4 is 5.32 Å². The van der Waals surface area contributed by atoms with E-state index in [9.17, 15) is 9.59 Å². The smallest absolute Gasteiger partial charge is 0.354 e. The fourth-order valence-corrected chi connectivity index (χ4v) is 1.90. The fraction of sp³-hybridized carbons (Fsp3) is 0. The minimum Gasteiger partial charge on any atom is -0.477 e. The van der Waals surface area contributed by atoms with Crippen molar-refractivity contribution in [3.05, 3.63) is 58.3 Å². The third-order valence-electron chi connectivity index (χ3n) is 2.36. The van der Waals surface area contributed by atoms with Crippen LogP contribution in [-0.2, 0) is 0 Å². The van der Waals surface area contributed by atoms with Crippen molar-refractivity contribution in [2.75, 3.05) is 5.32 Å². The Balaban J connectivity index is 2.15. The van der Waals surface area contributed by atoms with Gasteiger partial charge in [0.05, 0.1) is 17.4 Å². The number of hydrogen-bond donors (Lipinski definition) is 2.